The molecule has 0 spiro atoms. The lowest BCUT2D eigenvalue weighted by molar-refractivity contribution is -0.129. The fraction of sp³-hybridized carbons (Fsp3) is 0.206. The molecular formula is C34H33N9O3. The van der Waals surface area contributed by atoms with Crippen LogP contribution in [0.5, 0.6) is 11.6 Å². The Kier molecular flexibility index (Phi) is 9.33. The number of allylic oxidation sites excluding steroid dienone is 1. The van der Waals surface area contributed by atoms with Crippen LogP contribution in [0.15, 0.2) is 103 Å². The van der Waals surface area contributed by atoms with Crippen molar-refractivity contribution < 1.29 is 14.3 Å². The van der Waals surface area contributed by atoms with Crippen LogP contribution in [0.3, 0.4) is 0 Å². The fourth-order valence-corrected chi connectivity index (χ4v) is 5.34. The summed E-state index contributed by atoms with van der Waals surface area (Å²) in [7, 11) is 0. The Bertz CT molecular complexity index is 1770. The minimum atomic E-state index is -0.785. The van der Waals surface area contributed by atoms with E-state index in [9.17, 15) is 9.59 Å². The van der Waals surface area contributed by atoms with E-state index < -0.39 is 6.04 Å². The van der Waals surface area contributed by atoms with Gasteiger partial charge in [-0.2, -0.15) is 5.21 Å². The maximum absolute atomic E-state index is 13.6. The molecule has 1 fully saturated rings. The van der Waals surface area contributed by atoms with Gasteiger partial charge in [-0.1, -0.05) is 29.8 Å². The predicted octanol–water partition coefficient (Wildman–Crippen LogP) is 4.81. The van der Waals surface area contributed by atoms with Crippen LogP contribution in [0.25, 0.3) is 22.5 Å². The molecule has 0 radical (unpaired) electrons. The third kappa shape index (κ3) is 7.59. The number of nitrogens with zero attached hydrogens (tertiary/aromatic N) is 5. The molecule has 46 heavy (non-hydrogen) atoms. The summed E-state index contributed by atoms with van der Waals surface area (Å²) in [4.78, 5) is 35.4. The average molecular weight is 616 g/mol. The molecular weight excluding hydrogens is 582 g/mol. The number of carbonyl (C=O) groups excluding carboxylic acids is 2. The van der Waals surface area contributed by atoms with Gasteiger partial charge in [0.05, 0.1) is 6.20 Å². The van der Waals surface area contributed by atoms with Gasteiger partial charge in [-0.05, 0) is 90.7 Å². The van der Waals surface area contributed by atoms with Gasteiger partial charge in [0.1, 0.15) is 11.8 Å². The number of H-pyrrole nitrogens is 1. The number of carbonyl (C=O) groups is 2. The molecule has 5 aromatic rings. The Morgan fingerprint density at radius 2 is 1.72 bits per heavy atom. The van der Waals surface area contributed by atoms with Crippen LogP contribution in [0, 0.1) is 5.92 Å². The van der Waals surface area contributed by atoms with Crippen molar-refractivity contribution >= 4 is 17.5 Å². The van der Waals surface area contributed by atoms with Crippen molar-refractivity contribution in [2.24, 2.45) is 11.7 Å². The number of hydrogen-bond donors (Lipinski definition) is 4. The Labute approximate surface area is 265 Å². The van der Waals surface area contributed by atoms with Gasteiger partial charge in [-0.25, -0.2) is 4.98 Å². The number of amides is 2. The van der Waals surface area contributed by atoms with Crippen molar-refractivity contribution in [2.45, 2.75) is 38.1 Å². The number of aromatic amines is 1. The molecule has 2 amide bonds. The third-order valence-corrected chi connectivity index (χ3v) is 7.94. The van der Waals surface area contributed by atoms with Crippen molar-refractivity contribution in [3.63, 3.8) is 0 Å². The van der Waals surface area contributed by atoms with Crippen LogP contribution < -0.4 is 21.1 Å². The minimum absolute atomic E-state index is 0.125. The molecule has 0 bridgehead atoms. The molecule has 0 saturated heterocycles. The van der Waals surface area contributed by atoms with Gasteiger partial charge in [-0.3, -0.25) is 14.6 Å². The molecule has 0 aliphatic heterocycles. The normalized spacial score (nSPS) is 15.0. The van der Waals surface area contributed by atoms with Gasteiger partial charge in [-0.15, -0.1) is 10.2 Å². The van der Waals surface area contributed by atoms with E-state index in [4.69, 9.17) is 10.5 Å². The van der Waals surface area contributed by atoms with Gasteiger partial charge >= 0.3 is 0 Å². The van der Waals surface area contributed by atoms with Gasteiger partial charge in [0, 0.05) is 47.6 Å². The first-order chi connectivity index (χ1) is 22.5. The molecule has 3 heterocycles. The van der Waals surface area contributed by atoms with Crippen LogP contribution >= 0.6 is 0 Å². The van der Waals surface area contributed by atoms with Crippen LogP contribution in [-0.2, 0) is 16.0 Å². The molecule has 6 rings (SSSR count). The lowest BCUT2D eigenvalue weighted by Crippen LogP contribution is -2.47. The molecule has 1 saturated carbocycles. The van der Waals surface area contributed by atoms with E-state index >= 15 is 0 Å². The summed E-state index contributed by atoms with van der Waals surface area (Å²) in [6, 6.07) is 21.6. The SMILES string of the molecule is NC=C1CCC(C(=O)N[C@@H](Cc2ccc(-c3ccc(Oc4cccnc4)nc3)cc2)C(=O)Nc2ccc(-c3nn[nH]n3)cc2)CC1. The Balaban J connectivity index is 1.14. The molecule has 0 unspecified atom stereocenters. The monoisotopic (exact) mass is 615 g/mol. The van der Waals surface area contributed by atoms with E-state index in [1.165, 1.54) is 0 Å². The lowest BCUT2D eigenvalue weighted by atomic mass is 9.85. The first-order valence-electron chi connectivity index (χ1n) is 15.0. The highest BCUT2D eigenvalue weighted by molar-refractivity contribution is 5.97. The molecule has 2 aromatic carbocycles. The van der Waals surface area contributed by atoms with Crippen LogP contribution in [-0.4, -0.2) is 48.4 Å². The Morgan fingerprint density at radius 1 is 0.957 bits per heavy atom. The number of nitrogens with two attached hydrogens (primary N) is 1. The number of anilines is 1. The van der Waals surface area contributed by atoms with E-state index in [0.717, 1.165) is 40.7 Å². The zero-order valence-electron chi connectivity index (χ0n) is 25.0. The molecule has 232 valence electrons. The second-order valence-electron chi connectivity index (χ2n) is 11.0. The number of ether oxygens (including phenoxy) is 1. The fourth-order valence-electron chi connectivity index (χ4n) is 5.34. The molecule has 5 N–H and O–H groups in total. The maximum Gasteiger partial charge on any atom is 0.247 e. The summed E-state index contributed by atoms with van der Waals surface area (Å²) in [5.74, 6) is 0.927. The summed E-state index contributed by atoms with van der Waals surface area (Å²) < 4.78 is 5.74. The highest BCUT2D eigenvalue weighted by atomic mass is 16.5. The number of hydrogen-bond acceptors (Lipinski definition) is 9. The zero-order valence-corrected chi connectivity index (χ0v) is 25.0. The van der Waals surface area contributed by atoms with Crippen LogP contribution in [0.4, 0.5) is 5.69 Å². The summed E-state index contributed by atoms with van der Waals surface area (Å²) in [6.45, 7) is 0. The van der Waals surface area contributed by atoms with Crippen molar-refractivity contribution in [1.29, 1.82) is 0 Å². The number of rotatable bonds is 10. The molecule has 1 aliphatic rings. The van der Waals surface area contributed by atoms with E-state index in [0.29, 0.717) is 42.4 Å². The second-order valence-corrected chi connectivity index (χ2v) is 11.0. The number of aromatic nitrogens is 6. The first-order valence-corrected chi connectivity index (χ1v) is 15.0. The number of benzene rings is 2. The molecule has 1 atom stereocenters. The Morgan fingerprint density at radius 3 is 2.37 bits per heavy atom. The van der Waals surface area contributed by atoms with Crippen molar-refractivity contribution in [1.82, 2.24) is 35.9 Å². The first kappa shape index (κ1) is 30.1. The molecule has 12 heteroatoms. The van der Waals surface area contributed by atoms with Crippen molar-refractivity contribution in [2.75, 3.05) is 5.32 Å². The quantitative estimate of drug-likeness (QED) is 0.172. The number of tetrazole rings is 1. The van der Waals surface area contributed by atoms with Gasteiger partial charge < -0.3 is 21.1 Å². The maximum atomic E-state index is 13.6. The van der Waals surface area contributed by atoms with E-state index in [1.807, 2.05) is 36.4 Å². The Hall–Kier alpha value is -5.91. The van der Waals surface area contributed by atoms with Crippen LogP contribution in [0.2, 0.25) is 0 Å². The highest BCUT2D eigenvalue weighted by Gasteiger charge is 2.28. The standard InChI is InChI=1S/C34H33N9O3/c35-19-23-5-9-26(10-6-23)33(44)39-30(34(45)38-28-14-11-25(12-15-28)32-40-42-43-41-32)18-22-3-7-24(8-4-22)27-13-16-31(37-20-27)46-29-2-1-17-36-21-29/h1-4,7-8,11-17,19-21,26,30H,5-6,9-10,18,35H2,(H,38,45)(H,39,44)(H,40,41,42,43)/t26?,30-/m0/s1. The van der Waals surface area contributed by atoms with Crippen molar-refractivity contribution in [3.05, 3.63) is 109 Å². The van der Waals surface area contributed by atoms with Gasteiger partial charge in [0.25, 0.3) is 0 Å². The smallest absolute Gasteiger partial charge is 0.247 e. The summed E-state index contributed by atoms with van der Waals surface area (Å²) in [6.07, 6.45) is 9.98. The molecule has 12 nitrogen and oxygen atoms in total. The summed E-state index contributed by atoms with van der Waals surface area (Å²) >= 11 is 0. The second kappa shape index (κ2) is 14.2. The lowest BCUT2D eigenvalue weighted by Gasteiger charge is -2.26. The van der Waals surface area contributed by atoms with E-state index in [2.05, 4.69) is 41.2 Å². The largest absolute Gasteiger partial charge is 0.437 e. The number of pyridine rings is 2. The summed E-state index contributed by atoms with van der Waals surface area (Å²) in [5.41, 5.74) is 11.0. The van der Waals surface area contributed by atoms with E-state index in [-0.39, 0.29) is 17.7 Å². The highest BCUT2D eigenvalue weighted by Crippen LogP contribution is 2.28. The molecule has 1 aliphatic carbocycles. The topological polar surface area (TPSA) is 174 Å². The number of nitrogens with one attached hydrogen (secondary N) is 3. The molecule has 3 aromatic heterocycles. The van der Waals surface area contributed by atoms with E-state index in [1.54, 1.807) is 61.2 Å². The third-order valence-electron chi connectivity index (χ3n) is 7.94. The summed E-state index contributed by atoms with van der Waals surface area (Å²) in [5, 5.41) is 20.0. The van der Waals surface area contributed by atoms with Crippen LogP contribution in [0.1, 0.15) is 31.2 Å². The van der Waals surface area contributed by atoms with Crippen molar-refractivity contribution in [3.8, 4) is 34.1 Å². The zero-order chi connectivity index (χ0) is 31.7. The van der Waals surface area contributed by atoms with Gasteiger partial charge in [0.2, 0.25) is 23.5 Å². The average Bonchev–Trinajstić information content (AvgIpc) is 3.65. The minimum Gasteiger partial charge on any atom is -0.437 e. The predicted molar refractivity (Wildman–Crippen MR) is 172 cm³/mol. The van der Waals surface area contributed by atoms with Gasteiger partial charge in [0.15, 0.2) is 0 Å².